The van der Waals surface area contributed by atoms with Crippen LogP contribution < -0.4 is 0 Å². The highest BCUT2D eigenvalue weighted by Gasteiger charge is 2.20. The van der Waals surface area contributed by atoms with E-state index in [2.05, 4.69) is 58.9 Å². The van der Waals surface area contributed by atoms with Gasteiger partial charge in [-0.2, -0.15) is 0 Å². The van der Waals surface area contributed by atoms with Crippen LogP contribution in [-0.4, -0.2) is 30.9 Å². The van der Waals surface area contributed by atoms with Crippen molar-refractivity contribution >= 4 is 30.9 Å². The Kier molecular flexibility index (Phi) is 10.2. The average molecular weight is 357 g/mol. The molecule has 0 N–H and O–H groups in total. The Bertz CT molecular complexity index is 237. The molecule has 0 unspecified atom stereocenters. The average Bonchev–Trinajstić information content (AvgIpc) is 2.23. The van der Waals surface area contributed by atoms with Crippen molar-refractivity contribution in [1.29, 1.82) is 0 Å². The van der Waals surface area contributed by atoms with Crippen molar-refractivity contribution < 1.29 is 0 Å². The lowest BCUT2D eigenvalue weighted by atomic mass is 9.41. The van der Waals surface area contributed by atoms with Gasteiger partial charge < -0.3 is 0 Å². The van der Waals surface area contributed by atoms with Gasteiger partial charge in [-0.05, 0) is 0 Å². The Morgan fingerprint density at radius 2 is 0.682 bits per heavy atom. The third kappa shape index (κ3) is 17.1. The lowest BCUT2D eigenvalue weighted by Gasteiger charge is -2.21. The molecule has 0 aromatic carbocycles. The van der Waals surface area contributed by atoms with Crippen LogP contribution in [0.2, 0.25) is 96.0 Å². The fourth-order valence-electron chi connectivity index (χ4n) is 3.20. The van der Waals surface area contributed by atoms with Crippen LogP contribution in [0.25, 0.3) is 0 Å². The molecular formula is C18H45BSi3. The number of hydrogen-bond acceptors (Lipinski definition) is 0. The van der Waals surface area contributed by atoms with Crippen molar-refractivity contribution in [2.75, 3.05) is 0 Å². The first-order valence-corrected chi connectivity index (χ1v) is 20.9. The normalized spacial score (nSPS) is 13.5. The van der Waals surface area contributed by atoms with E-state index in [1.807, 2.05) is 0 Å². The van der Waals surface area contributed by atoms with E-state index in [-0.39, 0.29) is 0 Å². The Hall–Kier alpha value is 0.716. The van der Waals surface area contributed by atoms with Crippen LogP contribution in [0.15, 0.2) is 0 Å². The fraction of sp³-hybridized carbons (Fsp3) is 1.00. The second kappa shape index (κ2) is 9.88. The summed E-state index contributed by atoms with van der Waals surface area (Å²) in [7, 11) is -2.50. The molecular weight excluding hydrogens is 311 g/mol. The largest absolute Gasteiger partial charge is 0.139 e. The summed E-state index contributed by atoms with van der Waals surface area (Å²) in [6, 6.07) is 4.60. The first-order chi connectivity index (χ1) is 9.79. The maximum Gasteiger partial charge on any atom is 0.139 e. The summed E-state index contributed by atoms with van der Waals surface area (Å²) in [5, 5.41) is 0. The van der Waals surface area contributed by atoms with E-state index in [1.165, 1.54) is 56.4 Å². The van der Waals surface area contributed by atoms with Crippen molar-refractivity contribution in [2.45, 2.75) is 115 Å². The fourth-order valence-corrected chi connectivity index (χ4v) is 6.99. The van der Waals surface area contributed by atoms with Crippen LogP contribution in [-0.2, 0) is 0 Å². The van der Waals surface area contributed by atoms with Gasteiger partial charge >= 0.3 is 0 Å². The van der Waals surface area contributed by atoms with E-state index < -0.39 is 24.2 Å². The summed E-state index contributed by atoms with van der Waals surface area (Å²) < 4.78 is 0. The highest BCUT2D eigenvalue weighted by atomic mass is 28.3. The summed E-state index contributed by atoms with van der Waals surface area (Å²) in [6.07, 6.45) is 9.05. The molecule has 0 amide bonds. The molecule has 4 heteroatoms. The molecule has 0 fully saturated rings. The molecule has 0 aliphatic rings. The molecule has 0 rings (SSSR count). The van der Waals surface area contributed by atoms with Crippen LogP contribution in [0.1, 0.15) is 19.3 Å². The maximum absolute atomic E-state index is 2.53. The molecule has 0 radical (unpaired) electrons. The second-order valence-electron chi connectivity index (χ2n) is 11.2. The zero-order valence-corrected chi connectivity index (χ0v) is 20.4. The first-order valence-electron chi connectivity index (χ1n) is 9.79. The maximum atomic E-state index is 2.53. The van der Waals surface area contributed by atoms with Crippen LogP contribution in [0.5, 0.6) is 0 Å². The van der Waals surface area contributed by atoms with E-state index in [1.54, 1.807) is 0 Å². The Morgan fingerprint density at radius 1 is 0.455 bits per heavy atom. The first kappa shape index (κ1) is 22.7. The van der Waals surface area contributed by atoms with Crippen molar-refractivity contribution in [3.05, 3.63) is 0 Å². The van der Waals surface area contributed by atoms with Crippen LogP contribution in [0, 0.1) is 0 Å². The molecule has 0 saturated carbocycles. The monoisotopic (exact) mass is 356 g/mol. The molecule has 132 valence electrons. The molecule has 0 heterocycles. The molecule has 0 nitrogen and oxygen atoms in total. The number of rotatable bonds is 12. The Labute approximate surface area is 146 Å². The van der Waals surface area contributed by atoms with Crippen LogP contribution >= 0.6 is 0 Å². The molecule has 0 aromatic heterocycles. The van der Waals surface area contributed by atoms with Gasteiger partial charge in [0, 0.05) is 24.2 Å². The van der Waals surface area contributed by atoms with Gasteiger partial charge in [-0.25, -0.2) is 0 Å². The van der Waals surface area contributed by atoms with Gasteiger partial charge in [0.05, 0.1) is 0 Å². The van der Waals surface area contributed by atoms with Gasteiger partial charge in [-0.15, -0.1) is 0 Å². The predicted molar refractivity (Wildman–Crippen MR) is 118 cm³/mol. The summed E-state index contributed by atoms with van der Waals surface area (Å²) in [5.74, 6) is 0. The van der Waals surface area contributed by atoms with Crippen molar-refractivity contribution in [2.24, 2.45) is 0 Å². The second-order valence-corrected chi connectivity index (χ2v) is 28.1. The van der Waals surface area contributed by atoms with E-state index in [4.69, 9.17) is 0 Å². The molecule has 0 spiro atoms. The third-order valence-corrected chi connectivity index (χ3v) is 10.2. The van der Waals surface area contributed by atoms with Crippen molar-refractivity contribution in [3.8, 4) is 0 Å². The van der Waals surface area contributed by atoms with Crippen LogP contribution in [0.3, 0.4) is 0 Å². The minimum Gasteiger partial charge on any atom is -0.0744 e. The van der Waals surface area contributed by atoms with E-state index in [0.717, 1.165) is 6.71 Å². The standard InChI is InChI=1S/C18H45BSi3/c1-20(2,3)16-10-13-19(14-11-17-21(4,5)6)15-12-18-22(7,8)9/h10-18H2,1-9H3. The van der Waals surface area contributed by atoms with Gasteiger partial charge in [0.1, 0.15) is 6.71 Å². The van der Waals surface area contributed by atoms with Gasteiger partial charge in [-0.3, -0.25) is 0 Å². The van der Waals surface area contributed by atoms with Crippen LogP contribution in [0.4, 0.5) is 0 Å². The van der Waals surface area contributed by atoms with Gasteiger partial charge in [0.25, 0.3) is 0 Å². The number of hydrogen-bond donors (Lipinski definition) is 0. The highest BCUT2D eigenvalue weighted by molar-refractivity contribution is 6.77. The summed E-state index contributed by atoms with van der Waals surface area (Å²) in [4.78, 5) is 0. The van der Waals surface area contributed by atoms with Gasteiger partial charge in [0.2, 0.25) is 0 Å². The van der Waals surface area contributed by atoms with E-state index >= 15 is 0 Å². The quantitative estimate of drug-likeness (QED) is 0.315. The smallest absolute Gasteiger partial charge is 0.0744 e. The molecule has 22 heavy (non-hydrogen) atoms. The third-order valence-electron chi connectivity index (χ3n) is 4.62. The minimum atomic E-state index is -0.833. The molecule has 0 bridgehead atoms. The molecule has 0 aromatic rings. The summed E-state index contributed by atoms with van der Waals surface area (Å²) >= 11 is 0. The van der Waals surface area contributed by atoms with Gasteiger partial charge in [0.15, 0.2) is 0 Å². The van der Waals surface area contributed by atoms with Gasteiger partial charge in [-0.1, -0.05) is 115 Å². The van der Waals surface area contributed by atoms with Crippen molar-refractivity contribution in [3.63, 3.8) is 0 Å². The highest BCUT2D eigenvalue weighted by Crippen LogP contribution is 2.24. The molecule has 0 saturated heterocycles. The summed E-state index contributed by atoms with van der Waals surface area (Å²) in [5.41, 5.74) is 0. The molecule has 0 aliphatic heterocycles. The molecule has 0 atom stereocenters. The van der Waals surface area contributed by atoms with E-state index in [9.17, 15) is 0 Å². The molecule has 0 aliphatic carbocycles. The zero-order chi connectivity index (χ0) is 17.4. The lowest BCUT2D eigenvalue weighted by Crippen LogP contribution is -2.23. The topological polar surface area (TPSA) is 0 Å². The lowest BCUT2D eigenvalue weighted by molar-refractivity contribution is 0.933. The minimum absolute atomic E-state index is 0.833. The Morgan fingerprint density at radius 3 is 0.864 bits per heavy atom. The Balaban J connectivity index is 4.19. The SMILES string of the molecule is C[Si](C)(C)CCCB(CCC[Si](C)(C)C)CCC[Si](C)(C)C. The zero-order valence-electron chi connectivity index (χ0n) is 17.4. The van der Waals surface area contributed by atoms with Crippen molar-refractivity contribution in [1.82, 2.24) is 0 Å². The summed E-state index contributed by atoms with van der Waals surface area (Å²) in [6.45, 7) is 23.8. The predicted octanol–water partition coefficient (Wildman–Crippen LogP) is 7.67. The van der Waals surface area contributed by atoms with E-state index in [0.29, 0.717) is 0 Å².